The van der Waals surface area contributed by atoms with Gasteiger partial charge in [-0.1, -0.05) is 22.9 Å². The number of piperidine rings is 1. The molecule has 1 amide bonds. The molecule has 1 aliphatic heterocycles. The van der Waals surface area contributed by atoms with Gasteiger partial charge in [0.25, 0.3) is 0 Å². The van der Waals surface area contributed by atoms with Crippen molar-refractivity contribution >= 4 is 15.9 Å². The smallest absolute Gasteiger partial charge is 0.243 e. The third-order valence-corrected chi connectivity index (χ3v) is 6.22. The highest BCUT2D eigenvalue weighted by atomic mass is 32.2. The van der Waals surface area contributed by atoms with Gasteiger partial charge >= 0.3 is 0 Å². The molecule has 25 heavy (non-hydrogen) atoms. The highest BCUT2D eigenvalue weighted by Crippen LogP contribution is 2.24. The van der Waals surface area contributed by atoms with E-state index in [1.165, 1.54) is 10.5 Å². The summed E-state index contributed by atoms with van der Waals surface area (Å²) in [6.45, 7) is 2.78. The summed E-state index contributed by atoms with van der Waals surface area (Å²) >= 11 is 0. The van der Waals surface area contributed by atoms with Crippen LogP contribution in [0.1, 0.15) is 24.2 Å². The van der Waals surface area contributed by atoms with Gasteiger partial charge < -0.3 is 9.84 Å². The zero-order chi connectivity index (χ0) is 17.9. The van der Waals surface area contributed by atoms with Crippen LogP contribution in [0.3, 0.4) is 0 Å². The number of rotatable bonds is 5. The van der Waals surface area contributed by atoms with Gasteiger partial charge in [-0.15, -0.1) is 0 Å². The molecule has 1 aromatic heterocycles. The molecule has 1 saturated heterocycles. The van der Waals surface area contributed by atoms with Gasteiger partial charge in [0.05, 0.1) is 23.6 Å². The second kappa shape index (κ2) is 7.37. The number of hydrogen-bond donors (Lipinski definition) is 1. The lowest BCUT2D eigenvalue weighted by Gasteiger charge is -2.31. The van der Waals surface area contributed by atoms with Crippen molar-refractivity contribution in [1.29, 1.82) is 0 Å². The van der Waals surface area contributed by atoms with Gasteiger partial charge in [-0.3, -0.25) is 4.79 Å². The van der Waals surface area contributed by atoms with Crippen LogP contribution in [-0.4, -0.2) is 36.9 Å². The lowest BCUT2D eigenvalue weighted by Crippen LogP contribution is -2.45. The highest BCUT2D eigenvalue weighted by Gasteiger charge is 2.33. The Bertz CT molecular complexity index is 816. The van der Waals surface area contributed by atoms with E-state index >= 15 is 0 Å². The van der Waals surface area contributed by atoms with E-state index in [0.29, 0.717) is 25.1 Å². The normalized spacial score (nSPS) is 18.8. The fourth-order valence-corrected chi connectivity index (χ4v) is 4.41. The largest absolute Gasteiger partial charge is 0.360 e. The van der Waals surface area contributed by atoms with Gasteiger partial charge in [-0.2, -0.15) is 4.31 Å². The first kappa shape index (κ1) is 17.6. The summed E-state index contributed by atoms with van der Waals surface area (Å²) in [6.07, 6.45) is 2.84. The van der Waals surface area contributed by atoms with E-state index in [1.807, 2.05) is 6.92 Å². The molecule has 7 nitrogen and oxygen atoms in total. The second-order valence-corrected chi connectivity index (χ2v) is 8.15. The third-order valence-electron chi connectivity index (χ3n) is 4.34. The van der Waals surface area contributed by atoms with Crippen LogP contribution in [0.4, 0.5) is 0 Å². The first-order chi connectivity index (χ1) is 12.0. The van der Waals surface area contributed by atoms with Crippen molar-refractivity contribution in [2.75, 3.05) is 13.1 Å². The number of carbonyl (C=O) groups excluding carboxylic acids is 1. The van der Waals surface area contributed by atoms with E-state index in [0.717, 1.165) is 5.56 Å². The topological polar surface area (TPSA) is 92.5 Å². The van der Waals surface area contributed by atoms with Crippen LogP contribution >= 0.6 is 0 Å². The molecule has 0 aliphatic carbocycles. The van der Waals surface area contributed by atoms with Gasteiger partial charge in [0.2, 0.25) is 15.9 Å². The van der Waals surface area contributed by atoms with Crippen molar-refractivity contribution in [1.82, 2.24) is 14.8 Å². The number of amides is 1. The molecule has 1 atom stereocenters. The number of hydrogen-bond acceptors (Lipinski definition) is 5. The van der Waals surface area contributed by atoms with Gasteiger partial charge in [0, 0.05) is 19.2 Å². The average molecular weight is 363 g/mol. The molecule has 0 radical (unpaired) electrons. The maximum absolute atomic E-state index is 12.8. The van der Waals surface area contributed by atoms with Crippen LogP contribution < -0.4 is 5.32 Å². The van der Waals surface area contributed by atoms with E-state index in [9.17, 15) is 13.2 Å². The Morgan fingerprint density at radius 3 is 2.76 bits per heavy atom. The molecule has 1 N–H and O–H groups in total. The van der Waals surface area contributed by atoms with Crippen molar-refractivity contribution in [2.24, 2.45) is 5.92 Å². The summed E-state index contributed by atoms with van der Waals surface area (Å²) in [5.74, 6) is 0.0328. The Balaban J connectivity index is 1.65. The maximum Gasteiger partial charge on any atom is 0.243 e. The van der Waals surface area contributed by atoms with Crippen LogP contribution in [0.15, 0.2) is 45.9 Å². The van der Waals surface area contributed by atoms with Crippen LogP contribution in [0.2, 0.25) is 0 Å². The summed E-state index contributed by atoms with van der Waals surface area (Å²) < 4.78 is 31.9. The van der Waals surface area contributed by atoms with Crippen molar-refractivity contribution in [2.45, 2.75) is 31.2 Å². The predicted octanol–water partition coefficient (Wildman–Crippen LogP) is 1.70. The Morgan fingerprint density at radius 1 is 1.32 bits per heavy atom. The first-order valence-electron chi connectivity index (χ1n) is 8.21. The molecule has 0 saturated carbocycles. The molecule has 2 heterocycles. The maximum atomic E-state index is 12.8. The molecular formula is C17H21N3O4S. The van der Waals surface area contributed by atoms with Crippen molar-refractivity contribution in [3.05, 3.63) is 47.9 Å². The Hall–Kier alpha value is -2.19. The third kappa shape index (κ3) is 4.08. The monoisotopic (exact) mass is 363 g/mol. The summed E-state index contributed by atoms with van der Waals surface area (Å²) in [4.78, 5) is 12.6. The van der Waals surface area contributed by atoms with Gasteiger partial charge in [0.15, 0.2) is 5.76 Å². The Kier molecular flexibility index (Phi) is 5.19. The number of benzene rings is 1. The second-order valence-electron chi connectivity index (χ2n) is 6.21. The number of carbonyl (C=O) groups is 1. The number of nitrogens with zero attached hydrogens (tertiary/aromatic N) is 2. The van der Waals surface area contributed by atoms with Crippen molar-refractivity contribution < 1.29 is 17.7 Å². The summed E-state index contributed by atoms with van der Waals surface area (Å²) in [7, 11) is -3.58. The average Bonchev–Trinajstić information content (AvgIpc) is 3.14. The minimum absolute atomic E-state index is 0.166. The molecule has 1 aromatic carbocycles. The molecule has 3 rings (SSSR count). The van der Waals surface area contributed by atoms with Gasteiger partial charge in [-0.25, -0.2) is 8.42 Å². The number of nitrogens with one attached hydrogen (secondary N) is 1. The Morgan fingerprint density at radius 2 is 2.08 bits per heavy atom. The molecule has 8 heteroatoms. The van der Waals surface area contributed by atoms with E-state index in [1.54, 1.807) is 30.3 Å². The highest BCUT2D eigenvalue weighted by molar-refractivity contribution is 7.89. The SMILES string of the molecule is Cc1ccc(S(=O)(=O)N2CCCC(C(=O)NCc3ccno3)C2)cc1. The van der Waals surface area contributed by atoms with Crippen LogP contribution in [0.25, 0.3) is 0 Å². The van der Waals surface area contributed by atoms with Crippen LogP contribution in [-0.2, 0) is 21.4 Å². The fourth-order valence-electron chi connectivity index (χ4n) is 2.89. The van der Waals surface area contributed by atoms with E-state index in [2.05, 4.69) is 10.5 Å². The summed E-state index contributed by atoms with van der Waals surface area (Å²) in [6, 6.07) is 8.45. The van der Waals surface area contributed by atoms with Crippen LogP contribution in [0.5, 0.6) is 0 Å². The molecule has 2 aromatic rings. The lowest BCUT2D eigenvalue weighted by atomic mass is 9.99. The zero-order valence-corrected chi connectivity index (χ0v) is 14.8. The molecular weight excluding hydrogens is 342 g/mol. The number of aromatic nitrogens is 1. The summed E-state index contributed by atoms with van der Waals surface area (Å²) in [5, 5.41) is 6.36. The Labute approximate surface area is 147 Å². The quantitative estimate of drug-likeness (QED) is 0.873. The van der Waals surface area contributed by atoms with E-state index in [-0.39, 0.29) is 29.8 Å². The molecule has 1 unspecified atom stereocenters. The van der Waals surface area contributed by atoms with Gasteiger partial charge in [0.1, 0.15) is 0 Å². The summed E-state index contributed by atoms with van der Waals surface area (Å²) in [5.41, 5.74) is 1.00. The van der Waals surface area contributed by atoms with Gasteiger partial charge in [-0.05, 0) is 31.9 Å². The number of aryl methyl sites for hydroxylation is 1. The fraction of sp³-hybridized carbons (Fsp3) is 0.412. The van der Waals surface area contributed by atoms with Crippen LogP contribution in [0, 0.1) is 12.8 Å². The van der Waals surface area contributed by atoms with Crippen molar-refractivity contribution in [3.63, 3.8) is 0 Å². The molecule has 134 valence electrons. The predicted molar refractivity (Wildman–Crippen MR) is 91.0 cm³/mol. The lowest BCUT2D eigenvalue weighted by molar-refractivity contribution is -0.126. The molecule has 1 fully saturated rings. The zero-order valence-electron chi connectivity index (χ0n) is 14.0. The van der Waals surface area contributed by atoms with E-state index in [4.69, 9.17) is 4.52 Å². The first-order valence-corrected chi connectivity index (χ1v) is 9.65. The standard InChI is InChI=1S/C17H21N3O4S/c1-13-4-6-16(7-5-13)25(22,23)20-10-2-3-14(12-20)17(21)18-11-15-8-9-19-24-15/h4-9,14H,2-3,10-12H2,1H3,(H,18,21). The van der Waals surface area contributed by atoms with Crippen molar-refractivity contribution in [3.8, 4) is 0 Å². The number of sulfonamides is 1. The molecule has 0 bridgehead atoms. The molecule has 0 spiro atoms. The molecule has 1 aliphatic rings. The van der Waals surface area contributed by atoms with E-state index < -0.39 is 10.0 Å². The minimum Gasteiger partial charge on any atom is -0.360 e. The minimum atomic E-state index is -3.58.